The van der Waals surface area contributed by atoms with Crippen molar-refractivity contribution in [3.05, 3.63) is 48.8 Å². The maximum absolute atomic E-state index is 13.1. The van der Waals surface area contributed by atoms with E-state index in [1.807, 2.05) is 0 Å². The quantitative estimate of drug-likeness (QED) is 0.353. The van der Waals surface area contributed by atoms with Crippen LogP contribution in [0.3, 0.4) is 0 Å². The number of carboxylic acid groups (broad SMARTS) is 1. The second kappa shape index (κ2) is 9.68. The summed E-state index contributed by atoms with van der Waals surface area (Å²) in [5.41, 5.74) is 1.21. The Bertz CT molecular complexity index is 701. The summed E-state index contributed by atoms with van der Waals surface area (Å²) in [5, 5.41) is 9.63. The van der Waals surface area contributed by atoms with Gasteiger partial charge in [-0.25, -0.2) is 4.79 Å². The number of thioether (sulfide) groups is 2. The van der Waals surface area contributed by atoms with Crippen LogP contribution in [0.5, 0.6) is 0 Å². The molecule has 1 aromatic heterocycles. The Labute approximate surface area is 161 Å². The molecule has 1 N–H and O–H groups in total. The lowest BCUT2D eigenvalue weighted by Gasteiger charge is -2.38. The molecule has 2 atom stereocenters. The molecule has 6 nitrogen and oxygen atoms in total. The fourth-order valence-electron chi connectivity index (χ4n) is 2.90. The minimum atomic E-state index is -1.02. The Kier molecular flexibility index (Phi) is 7.59. The molecule has 0 saturated carbocycles. The Balaban J connectivity index is 2.32. The Morgan fingerprint density at radius 2 is 2.00 bits per heavy atom. The van der Waals surface area contributed by atoms with E-state index in [4.69, 9.17) is 0 Å². The first kappa shape index (κ1) is 20.4. The molecular weight excluding hydrogens is 372 g/mol. The zero-order valence-corrected chi connectivity index (χ0v) is 16.0. The topological polar surface area (TPSA) is 79.6 Å². The maximum Gasteiger partial charge on any atom is 0.327 e. The number of fused-ring (bicyclic) bond motifs is 1. The number of aldehydes is 1. The van der Waals surface area contributed by atoms with Crippen molar-refractivity contribution in [2.24, 2.45) is 0 Å². The number of rotatable bonds is 11. The highest BCUT2D eigenvalue weighted by molar-refractivity contribution is 7.99. The van der Waals surface area contributed by atoms with Gasteiger partial charge < -0.3 is 14.6 Å². The monoisotopic (exact) mass is 394 g/mol. The fraction of sp³-hybridized carbons (Fsp3) is 0.389. The highest BCUT2D eigenvalue weighted by Gasteiger charge is 2.39. The van der Waals surface area contributed by atoms with Crippen molar-refractivity contribution in [2.75, 3.05) is 23.0 Å². The van der Waals surface area contributed by atoms with E-state index in [0.29, 0.717) is 28.7 Å². The molecule has 8 heteroatoms. The SMILES string of the molecule is C=CCSCC(C(=O)O)N1Cc2ccc(C=O)n2[C@@H](CSCC=C)C1=O. The van der Waals surface area contributed by atoms with Gasteiger partial charge in [0.2, 0.25) is 5.91 Å². The van der Waals surface area contributed by atoms with Crippen LogP contribution in [-0.4, -0.2) is 61.8 Å². The highest BCUT2D eigenvalue weighted by Crippen LogP contribution is 2.30. The van der Waals surface area contributed by atoms with Crippen LogP contribution >= 0.6 is 23.5 Å². The molecule has 2 heterocycles. The average molecular weight is 395 g/mol. The van der Waals surface area contributed by atoms with Crippen molar-refractivity contribution >= 4 is 41.7 Å². The summed E-state index contributed by atoms with van der Waals surface area (Å²) in [7, 11) is 0. The number of nitrogens with zero attached hydrogens (tertiary/aromatic N) is 2. The van der Waals surface area contributed by atoms with Gasteiger partial charge in [-0.15, -0.1) is 13.2 Å². The first-order valence-corrected chi connectivity index (χ1v) is 10.4. The third-order valence-corrected chi connectivity index (χ3v) is 6.10. The van der Waals surface area contributed by atoms with Gasteiger partial charge in [0, 0.05) is 28.7 Å². The minimum absolute atomic E-state index is 0.181. The molecule has 0 saturated heterocycles. The molecule has 0 aromatic carbocycles. The molecule has 1 amide bonds. The molecule has 140 valence electrons. The third kappa shape index (κ3) is 4.42. The molecule has 1 unspecified atom stereocenters. The van der Waals surface area contributed by atoms with Crippen molar-refractivity contribution in [2.45, 2.75) is 18.6 Å². The maximum atomic E-state index is 13.1. The van der Waals surface area contributed by atoms with E-state index in [1.165, 1.54) is 28.4 Å². The van der Waals surface area contributed by atoms with E-state index in [2.05, 4.69) is 13.2 Å². The second-order valence-corrected chi connectivity index (χ2v) is 7.88. The van der Waals surface area contributed by atoms with E-state index in [0.717, 1.165) is 12.0 Å². The molecule has 0 spiro atoms. The summed E-state index contributed by atoms with van der Waals surface area (Å²) < 4.78 is 1.73. The summed E-state index contributed by atoms with van der Waals surface area (Å²) in [4.78, 5) is 37.6. The molecule has 0 bridgehead atoms. The van der Waals surface area contributed by atoms with Crippen molar-refractivity contribution < 1.29 is 19.5 Å². The van der Waals surface area contributed by atoms with Gasteiger partial charge in [-0.05, 0) is 12.1 Å². The Morgan fingerprint density at radius 3 is 2.62 bits per heavy atom. The largest absolute Gasteiger partial charge is 0.480 e. The van der Waals surface area contributed by atoms with Crippen molar-refractivity contribution in [1.29, 1.82) is 0 Å². The van der Waals surface area contributed by atoms with Crippen LogP contribution in [0, 0.1) is 0 Å². The molecule has 0 radical (unpaired) electrons. The van der Waals surface area contributed by atoms with E-state index in [-0.39, 0.29) is 12.5 Å². The van der Waals surface area contributed by atoms with E-state index in [1.54, 1.807) is 28.9 Å². The second-order valence-electron chi connectivity index (χ2n) is 5.73. The number of hydrogen-bond acceptors (Lipinski definition) is 5. The zero-order valence-electron chi connectivity index (χ0n) is 14.4. The van der Waals surface area contributed by atoms with Gasteiger partial charge >= 0.3 is 5.97 Å². The van der Waals surface area contributed by atoms with Gasteiger partial charge in [0.1, 0.15) is 12.1 Å². The normalized spacial score (nSPS) is 17.5. The van der Waals surface area contributed by atoms with Crippen molar-refractivity contribution in [3.63, 3.8) is 0 Å². The average Bonchev–Trinajstić information content (AvgIpc) is 3.03. The molecule has 26 heavy (non-hydrogen) atoms. The van der Waals surface area contributed by atoms with Gasteiger partial charge in [-0.3, -0.25) is 9.59 Å². The summed E-state index contributed by atoms with van der Waals surface area (Å²) >= 11 is 2.95. The summed E-state index contributed by atoms with van der Waals surface area (Å²) in [6.45, 7) is 7.48. The number of carboxylic acids is 1. The summed E-state index contributed by atoms with van der Waals surface area (Å²) in [6, 6.07) is 1.95. The molecule has 0 fully saturated rings. The Hall–Kier alpha value is -1.93. The smallest absolute Gasteiger partial charge is 0.327 e. The van der Waals surface area contributed by atoms with Gasteiger partial charge in [0.15, 0.2) is 6.29 Å². The van der Waals surface area contributed by atoms with Gasteiger partial charge in [0.05, 0.1) is 12.2 Å². The standard InChI is InChI=1S/C18H22N2O4S2/c1-3-7-25-11-15-17(22)19(16(18(23)24)12-26-8-4-2)9-13-5-6-14(10-21)20(13)15/h3-6,10,15-16H,1-2,7-9,11-12H2,(H,23,24)/t15-,16?/m0/s1. The zero-order chi connectivity index (χ0) is 19.1. The van der Waals surface area contributed by atoms with E-state index >= 15 is 0 Å². The number of carbonyl (C=O) groups excluding carboxylic acids is 2. The lowest BCUT2D eigenvalue weighted by molar-refractivity contribution is -0.152. The number of hydrogen-bond donors (Lipinski definition) is 1. The summed E-state index contributed by atoms with van der Waals surface area (Å²) in [5.74, 6) is 0.754. The van der Waals surface area contributed by atoms with Crippen LogP contribution in [0.25, 0.3) is 0 Å². The molecular formula is C18H22N2O4S2. The van der Waals surface area contributed by atoms with Crippen LogP contribution in [0.4, 0.5) is 0 Å². The predicted molar refractivity (Wildman–Crippen MR) is 106 cm³/mol. The first-order valence-electron chi connectivity index (χ1n) is 8.11. The highest BCUT2D eigenvalue weighted by atomic mass is 32.2. The van der Waals surface area contributed by atoms with Crippen LogP contribution in [0.2, 0.25) is 0 Å². The minimum Gasteiger partial charge on any atom is -0.480 e. The molecule has 1 aliphatic heterocycles. The number of carbonyl (C=O) groups is 3. The van der Waals surface area contributed by atoms with Crippen LogP contribution < -0.4 is 0 Å². The summed E-state index contributed by atoms with van der Waals surface area (Å²) in [6.07, 6.45) is 4.18. The number of aromatic nitrogens is 1. The van der Waals surface area contributed by atoms with E-state index in [9.17, 15) is 19.5 Å². The molecule has 1 aromatic rings. The number of aliphatic carboxylic acids is 1. The molecule has 0 aliphatic carbocycles. The molecule has 1 aliphatic rings. The first-order chi connectivity index (χ1) is 12.5. The van der Waals surface area contributed by atoms with Gasteiger partial charge in [-0.2, -0.15) is 23.5 Å². The fourth-order valence-corrected chi connectivity index (χ4v) is 4.56. The lowest BCUT2D eigenvalue weighted by Crippen LogP contribution is -2.52. The third-order valence-electron chi connectivity index (χ3n) is 4.05. The van der Waals surface area contributed by atoms with Crippen LogP contribution in [0.1, 0.15) is 22.2 Å². The van der Waals surface area contributed by atoms with Crippen LogP contribution in [0.15, 0.2) is 37.4 Å². The Morgan fingerprint density at radius 1 is 1.31 bits per heavy atom. The number of amides is 1. The van der Waals surface area contributed by atoms with Crippen LogP contribution in [-0.2, 0) is 16.1 Å². The van der Waals surface area contributed by atoms with Gasteiger partial charge in [-0.1, -0.05) is 12.2 Å². The van der Waals surface area contributed by atoms with E-state index < -0.39 is 18.1 Å². The van der Waals surface area contributed by atoms with Crippen molar-refractivity contribution in [1.82, 2.24) is 9.47 Å². The lowest BCUT2D eigenvalue weighted by atomic mass is 10.1. The predicted octanol–water partition coefficient (Wildman–Crippen LogP) is 2.48. The van der Waals surface area contributed by atoms with Crippen molar-refractivity contribution in [3.8, 4) is 0 Å². The van der Waals surface area contributed by atoms with Gasteiger partial charge in [0.25, 0.3) is 0 Å². The molecule has 2 rings (SSSR count).